The number of morpholine rings is 1. The van der Waals surface area contributed by atoms with Gasteiger partial charge in [0.15, 0.2) is 11.4 Å². The van der Waals surface area contributed by atoms with E-state index in [1.54, 1.807) is 11.8 Å². The Balaban J connectivity index is 1.42. The van der Waals surface area contributed by atoms with Gasteiger partial charge in [-0.1, -0.05) is 31.5 Å². The average Bonchev–Trinajstić information content (AvgIpc) is 3.27. The molecule has 3 aromatic rings. The number of amides is 2. The number of rotatable bonds is 4. The van der Waals surface area contributed by atoms with E-state index in [2.05, 4.69) is 13.0 Å². The van der Waals surface area contributed by atoms with Crippen LogP contribution in [0.15, 0.2) is 46.9 Å². The molecule has 39 heavy (non-hydrogen) atoms. The molecule has 7 nitrogen and oxygen atoms in total. The summed E-state index contributed by atoms with van der Waals surface area (Å²) in [4.78, 5) is 31.4. The maximum absolute atomic E-state index is 14.2. The molecule has 3 heterocycles. The van der Waals surface area contributed by atoms with Gasteiger partial charge in [-0.3, -0.25) is 9.59 Å². The van der Waals surface area contributed by atoms with E-state index in [1.165, 1.54) is 18.2 Å². The van der Waals surface area contributed by atoms with Gasteiger partial charge in [-0.05, 0) is 68.9 Å². The van der Waals surface area contributed by atoms with Crippen molar-refractivity contribution in [1.82, 2.24) is 9.80 Å². The van der Waals surface area contributed by atoms with E-state index in [1.807, 2.05) is 23.1 Å². The Bertz CT molecular complexity index is 1340. The lowest BCUT2D eigenvalue weighted by Gasteiger charge is -2.44. The maximum atomic E-state index is 14.2. The molecular formula is C31H37FN2O5. The summed E-state index contributed by atoms with van der Waals surface area (Å²) in [7, 11) is 0. The number of carbonyl (C=O) groups is 2. The molecular weight excluding hydrogens is 499 g/mol. The van der Waals surface area contributed by atoms with E-state index in [9.17, 15) is 14.0 Å². The smallest absolute Gasteiger partial charge is 0.290 e. The number of hydrogen-bond acceptors (Lipinski definition) is 5. The van der Waals surface area contributed by atoms with E-state index in [4.69, 9.17) is 13.9 Å². The summed E-state index contributed by atoms with van der Waals surface area (Å²) in [6, 6.07) is 12.3. The van der Waals surface area contributed by atoms with Crippen molar-refractivity contribution in [2.75, 3.05) is 39.4 Å². The van der Waals surface area contributed by atoms with E-state index in [0.29, 0.717) is 49.2 Å². The SMILES string of the molecule is CCCCN1CCOc2ccccc2CCCCC2(CN(C(=O)c3oc4ccc(F)cc4c3C)CCO2)C1=O. The number of nitrogens with zero attached hydrogens (tertiary/aromatic N) is 2. The van der Waals surface area contributed by atoms with Crippen LogP contribution < -0.4 is 4.74 Å². The standard InChI is InChI=1S/C31H37FN2O5/c1-3-4-15-33-16-18-37-26-11-6-5-9-23(26)10-7-8-14-31(30(33)36)21-34(17-19-38-31)29(35)28-22(2)25-20-24(32)12-13-27(25)39-28/h5-6,9,11-13,20H,3-4,7-8,10,14-19,21H2,1-2H3. The molecule has 208 valence electrons. The molecule has 1 atom stereocenters. The second-order valence-corrected chi connectivity index (χ2v) is 10.6. The lowest BCUT2D eigenvalue weighted by atomic mass is 9.90. The quantitative estimate of drug-likeness (QED) is 0.439. The lowest BCUT2D eigenvalue weighted by Crippen LogP contribution is -2.62. The van der Waals surface area contributed by atoms with Crippen LogP contribution >= 0.6 is 0 Å². The van der Waals surface area contributed by atoms with Crippen LogP contribution in [0.4, 0.5) is 4.39 Å². The Morgan fingerprint density at radius 2 is 1.95 bits per heavy atom. The van der Waals surface area contributed by atoms with Crippen LogP contribution in [0.25, 0.3) is 11.0 Å². The Hall–Kier alpha value is -3.39. The monoisotopic (exact) mass is 536 g/mol. The number of furan rings is 1. The predicted octanol–water partition coefficient (Wildman–Crippen LogP) is 5.53. The first-order chi connectivity index (χ1) is 18.9. The first-order valence-corrected chi connectivity index (χ1v) is 14.0. The number of para-hydroxylation sites is 1. The number of benzene rings is 2. The van der Waals surface area contributed by atoms with Crippen LogP contribution in [-0.2, 0) is 16.0 Å². The molecule has 2 aliphatic rings. The summed E-state index contributed by atoms with van der Waals surface area (Å²) < 4.78 is 32.2. The third kappa shape index (κ3) is 5.66. The zero-order valence-corrected chi connectivity index (χ0v) is 22.8. The van der Waals surface area contributed by atoms with E-state index in [-0.39, 0.29) is 36.5 Å². The summed E-state index contributed by atoms with van der Waals surface area (Å²) >= 11 is 0. The van der Waals surface area contributed by atoms with Gasteiger partial charge in [-0.2, -0.15) is 0 Å². The number of halogens is 1. The van der Waals surface area contributed by atoms with Crippen molar-refractivity contribution in [3.63, 3.8) is 0 Å². The van der Waals surface area contributed by atoms with Gasteiger partial charge >= 0.3 is 0 Å². The predicted molar refractivity (Wildman–Crippen MR) is 146 cm³/mol. The molecule has 0 aliphatic carbocycles. The van der Waals surface area contributed by atoms with Crippen molar-refractivity contribution < 1.29 is 27.9 Å². The van der Waals surface area contributed by atoms with Crippen molar-refractivity contribution in [3.05, 3.63) is 65.2 Å². The Labute approximate surface area is 228 Å². The fourth-order valence-electron chi connectivity index (χ4n) is 5.68. The highest BCUT2D eigenvalue weighted by Gasteiger charge is 2.47. The molecule has 0 N–H and O–H groups in total. The van der Waals surface area contributed by atoms with E-state index < -0.39 is 5.60 Å². The van der Waals surface area contributed by atoms with Crippen LogP contribution in [0, 0.1) is 12.7 Å². The fourth-order valence-corrected chi connectivity index (χ4v) is 5.68. The summed E-state index contributed by atoms with van der Waals surface area (Å²) in [5, 5.41) is 0.578. The summed E-state index contributed by atoms with van der Waals surface area (Å²) in [6.45, 7) is 6.06. The maximum Gasteiger partial charge on any atom is 0.290 e. The van der Waals surface area contributed by atoms with Gasteiger partial charge in [0.05, 0.1) is 19.7 Å². The van der Waals surface area contributed by atoms with Gasteiger partial charge in [0, 0.05) is 24.0 Å². The van der Waals surface area contributed by atoms with Crippen LogP contribution in [0.1, 0.15) is 60.7 Å². The molecule has 1 fully saturated rings. The Kier molecular flexibility index (Phi) is 8.21. The van der Waals surface area contributed by atoms with Gasteiger partial charge in [0.1, 0.15) is 23.8 Å². The van der Waals surface area contributed by atoms with E-state index in [0.717, 1.165) is 43.4 Å². The molecule has 1 spiro atoms. The molecule has 0 saturated carbocycles. The Morgan fingerprint density at radius 1 is 1.10 bits per heavy atom. The van der Waals surface area contributed by atoms with Crippen molar-refractivity contribution in [2.24, 2.45) is 0 Å². The van der Waals surface area contributed by atoms with Crippen LogP contribution in [0.3, 0.4) is 0 Å². The van der Waals surface area contributed by atoms with Crippen molar-refractivity contribution >= 4 is 22.8 Å². The molecule has 1 aromatic heterocycles. The molecule has 2 amide bonds. The molecule has 0 radical (unpaired) electrons. The van der Waals surface area contributed by atoms with Gasteiger partial charge in [-0.25, -0.2) is 4.39 Å². The average molecular weight is 537 g/mol. The molecule has 1 saturated heterocycles. The normalized spacial score (nSPS) is 20.8. The van der Waals surface area contributed by atoms with Gasteiger partial charge in [0.25, 0.3) is 11.8 Å². The van der Waals surface area contributed by atoms with Gasteiger partial charge in [-0.15, -0.1) is 0 Å². The summed E-state index contributed by atoms with van der Waals surface area (Å²) in [5.41, 5.74) is 1.09. The van der Waals surface area contributed by atoms with Gasteiger partial charge < -0.3 is 23.7 Å². The second kappa shape index (κ2) is 11.8. The molecule has 5 rings (SSSR count). The van der Waals surface area contributed by atoms with Crippen molar-refractivity contribution in [2.45, 2.75) is 58.0 Å². The van der Waals surface area contributed by atoms with Crippen LogP contribution in [0.2, 0.25) is 0 Å². The molecule has 1 unspecified atom stereocenters. The highest BCUT2D eigenvalue weighted by Crippen LogP contribution is 2.32. The molecule has 8 heteroatoms. The minimum absolute atomic E-state index is 0.0886. The number of aryl methyl sites for hydroxylation is 2. The number of ether oxygens (including phenoxy) is 2. The highest BCUT2D eigenvalue weighted by molar-refractivity contribution is 5.99. The zero-order chi connectivity index (χ0) is 27.4. The van der Waals surface area contributed by atoms with Crippen LogP contribution in [0.5, 0.6) is 5.75 Å². The number of hydrogen-bond donors (Lipinski definition) is 0. The molecule has 2 aliphatic heterocycles. The number of fused-ring (bicyclic) bond motifs is 2. The highest BCUT2D eigenvalue weighted by atomic mass is 19.1. The van der Waals surface area contributed by atoms with Gasteiger partial charge in [0.2, 0.25) is 0 Å². The number of unbranched alkanes of at least 4 members (excludes halogenated alkanes) is 1. The molecule has 2 aromatic carbocycles. The third-order valence-corrected chi connectivity index (χ3v) is 7.89. The first-order valence-electron chi connectivity index (χ1n) is 14.0. The lowest BCUT2D eigenvalue weighted by molar-refractivity contribution is -0.170. The van der Waals surface area contributed by atoms with Crippen LogP contribution in [-0.4, -0.2) is 66.6 Å². The minimum atomic E-state index is -1.13. The summed E-state index contributed by atoms with van der Waals surface area (Å²) in [6.07, 6.45) is 4.83. The first kappa shape index (κ1) is 27.2. The largest absolute Gasteiger partial charge is 0.491 e. The minimum Gasteiger partial charge on any atom is -0.491 e. The zero-order valence-electron chi connectivity index (χ0n) is 22.8. The van der Waals surface area contributed by atoms with Crippen molar-refractivity contribution in [1.29, 1.82) is 0 Å². The topological polar surface area (TPSA) is 72.2 Å². The summed E-state index contributed by atoms with van der Waals surface area (Å²) in [5.74, 6) is 0.286. The molecule has 0 bridgehead atoms. The van der Waals surface area contributed by atoms with E-state index >= 15 is 0 Å². The third-order valence-electron chi connectivity index (χ3n) is 7.89. The van der Waals surface area contributed by atoms with Crippen molar-refractivity contribution in [3.8, 4) is 5.75 Å². The number of carbonyl (C=O) groups excluding carboxylic acids is 2. The second-order valence-electron chi connectivity index (χ2n) is 10.6. The fraction of sp³-hybridized carbons (Fsp3) is 0.484. The Morgan fingerprint density at radius 3 is 2.79 bits per heavy atom.